The molecule has 0 spiro atoms. The van der Waals surface area contributed by atoms with Crippen LogP contribution in [0.4, 0.5) is 4.39 Å². The number of aromatic nitrogens is 2. The second-order valence-corrected chi connectivity index (χ2v) is 6.36. The summed E-state index contributed by atoms with van der Waals surface area (Å²) in [6.07, 6.45) is 4.87. The number of benzene rings is 1. The van der Waals surface area contributed by atoms with Gasteiger partial charge in [0, 0.05) is 46.0 Å². The summed E-state index contributed by atoms with van der Waals surface area (Å²) in [5.74, 6) is 0.551. The predicted octanol–water partition coefficient (Wildman–Crippen LogP) is 3.03. The summed E-state index contributed by atoms with van der Waals surface area (Å²) >= 11 is 0. The summed E-state index contributed by atoms with van der Waals surface area (Å²) in [4.78, 5) is 11.0. The van der Waals surface area contributed by atoms with Crippen molar-refractivity contribution >= 4 is 11.6 Å². The van der Waals surface area contributed by atoms with Gasteiger partial charge in [-0.25, -0.2) is 9.37 Å². The topological polar surface area (TPSA) is 44.9 Å². The third kappa shape index (κ3) is 4.20. The Morgan fingerprint density at radius 2 is 2.15 bits per heavy atom. The van der Waals surface area contributed by atoms with Crippen LogP contribution in [0.5, 0.6) is 0 Å². The van der Waals surface area contributed by atoms with Gasteiger partial charge in [-0.05, 0) is 36.2 Å². The zero-order valence-corrected chi connectivity index (χ0v) is 15.4. The van der Waals surface area contributed by atoms with Gasteiger partial charge in [0.05, 0.1) is 5.69 Å². The minimum absolute atomic E-state index is 0.221. The van der Waals surface area contributed by atoms with E-state index in [4.69, 9.17) is 0 Å². The van der Waals surface area contributed by atoms with E-state index < -0.39 is 0 Å². The number of halogens is 1. The van der Waals surface area contributed by atoms with Crippen LogP contribution in [0.15, 0.2) is 53.8 Å². The molecule has 0 bridgehead atoms. The number of fused-ring (bicyclic) bond motifs is 1. The highest BCUT2D eigenvalue weighted by atomic mass is 19.1. The lowest BCUT2D eigenvalue weighted by molar-refractivity contribution is 0.475. The van der Waals surface area contributed by atoms with Crippen molar-refractivity contribution in [1.82, 2.24) is 19.6 Å². The lowest BCUT2D eigenvalue weighted by Crippen LogP contribution is -2.39. The number of imidazole rings is 1. The molecule has 2 heterocycles. The average molecular weight is 353 g/mol. The van der Waals surface area contributed by atoms with Gasteiger partial charge in [0.25, 0.3) is 0 Å². The number of guanidine groups is 1. The molecule has 0 saturated heterocycles. The number of nitrogens with zero attached hydrogens (tertiary/aromatic N) is 4. The van der Waals surface area contributed by atoms with Crippen molar-refractivity contribution in [2.45, 2.75) is 19.9 Å². The number of rotatable bonds is 5. The molecule has 1 N–H and O–H groups in total. The highest BCUT2D eigenvalue weighted by Gasteiger charge is 2.08. The molecule has 0 radical (unpaired) electrons. The van der Waals surface area contributed by atoms with E-state index >= 15 is 0 Å². The molecule has 3 aromatic rings. The highest BCUT2D eigenvalue weighted by molar-refractivity contribution is 5.79. The lowest BCUT2D eigenvalue weighted by Gasteiger charge is -2.22. The Balaban J connectivity index is 1.57. The Morgan fingerprint density at radius 3 is 2.88 bits per heavy atom. The standard InChI is InChI=1S/C20H24FN5/c1-15-6-5-11-26-14-18(24-19(15)26)9-10-23-20(22-2)25(3)13-16-7-4-8-17(21)12-16/h4-8,11-12,14H,9-10,13H2,1-3H3,(H,22,23). The minimum Gasteiger partial charge on any atom is -0.356 e. The first-order valence-electron chi connectivity index (χ1n) is 8.66. The maximum Gasteiger partial charge on any atom is 0.193 e. The predicted molar refractivity (Wildman–Crippen MR) is 103 cm³/mol. The molecule has 0 aliphatic heterocycles. The zero-order valence-electron chi connectivity index (χ0n) is 15.4. The number of pyridine rings is 1. The summed E-state index contributed by atoms with van der Waals surface area (Å²) in [5, 5.41) is 3.34. The van der Waals surface area contributed by atoms with E-state index in [1.165, 1.54) is 6.07 Å². The molecule has 6 heteroatoms. The average Bonchev–Trinajstić information content (AvgIpc) is 3.03. The van der Waals surface area contributed by atoms with Crippen LogP contribution in [0.1, 0.15) is 16.8 Å². The molecule has 2 aromatic heterocycles. The van der Waals surface area contributed by atoms with Crippen LogP contribution in [-0.2, 0) is 13.0 Å². The van der Waals surface area contributed by atoms with Gasteiger partial charge in [0.1, 0.15) is 11.5 Å². The molecule has 0 amide bonds. The maximum atomic E-state index is 13.3. The zero-order chi connectivity index (χ0) is 18.5. The molecule has 0 fully saturated rings. The van der Waals surface area contributed by atoms with E-state index in [0.29, 0.717) is 6.54 Å². The first kappa shape index (κ1) is 17.9. The quantitative estimate of drug-likeness (QED) is 0.566. The molecule has 0 atom stereocenters. The largest absolute Gasteiger partial charge is 0.356 e. The second kappa shape index (κ2) is 7.99. The molecular formula is C20H24FN5. The summed E-state index contributed by atoms with van der Waals surface area (Å²) in [6, 6.07) is 10.7. The first-order chi connectivity index (χ1) is 12.6. The fourth-order valence-electron chi connectivity index (χ4n) is 3.00. The Labute approximate surface area is 153 Å². The molecule has 0 unspecified atom stereocenters. The Bertz CT molecular complexity index is 915. The Kier molecular flexibility index (Phi) is 5.51. The molecule has 1 aromatic carbocycles. The smallest absolute Gasteiger partial charge is 0.193 e. The molecule has 5 nitrogen and oxygen atoms in total. The lowest BCUT2D eigenvalue weighted by atomic mass is 10.2. The van der Waals surface area contributed by atoms with Crippen molar-refractivity contribution in [1.29, 1.82) is 0 Å². The van der Waals surface area contributed by atoms with Crippen LogP contribution in [0, 0.1) is 12.7 Å². The first-order valence-corrected chi connectivity index (χ1v) is 8.66. The summed E-state index contributed by atoms with van der Waals surface area (Å²) < 4.78 is 15.4. The normalized spacial score (nSPS) is 11.8. The van der Waals surface area contributed by atoms with Gasteiger partial charge >= 0.3 is 0 Å². The number of aryl methyl sites for hydroxylation is 1. The van der Waals surface area contributed by atoms with Crippen molar-refractivity contribution in [2.24, 2.45) is 4.99 Å². The van der Waals surface area contributed by atoms with Gasteiger partial charge in [-0.15, -0.1) is 0 Å². The molecule has 0 saturated carbocycles. The molecule has 3 rings (SSSR count). The summed E-state index contributed by atoms with van der Waals surface area (Å²) in [7, 11) is 3.69. The Morgan fingerprint density at radius 1 is 1.31 bits per heavy atom. The summed E-state index contributed by atoms with van der Waals surface area (Å²) in [6.45, 7) is 3.38. The van der Waals surface area contributed by atoms with Gasteiger partial charge in [-0.2, -0.15) is 0 Å². The van der Waals surface area contributed by atoms with Gasteiger partial charge in [-0.1, -0.05) is 18.2 Å². The summed E-state index contributed by atoms with van der Waals surface area (Å²) in [5.41, 5.74) is 4.11. The van der Waals surface area contributed by atoms with Crippen LogP contribution in [0.3, 0.4) is 0 Å². The van der Waals surface area contributed by atoms with E-state index in [1.807, 2.05) is 30.3 Å². The van der Waals surface area contributed by atoms with Crippen molar-refractivity contribution in [3.8, 4) is 0 Å². The van der Waals surface area contributed by atoms with E-state index in [0.717, 1.165) is 41.4 Å². The molecule has 0 aliphatic rings. The number of aliphatic imine (C=N–C) groups is 1. The van der Waals surface area contributed by atoms with E-state index in [2.05, 4.69) is 38.9 Å². The minimum atomic E-state index is -0.221. The van der Waals surface area contributed by atoms with Gasteiger partial charge in [-0.3, -0.25) is 4.99 Å². The van der Waals surface area contributed by atoms with Crippen LogP contribution in [0.2, 0.25) is 0 Å². The third-order valence-electron chi connectivity index (χ3n) is 4.27. The number of nitrogens with one attached hydrogen (secondary N) is 1. The molecule has 0 aliphatic carbocycles. The van der Waals surface area contributed by atoms with Crippen LogP contribution in [-0.4, -0.2) is 40.9 Å². The van der Waals surface area contributed by atoms with Crippen molar-refractivity contribution in [3.63, 3.8) is 0 Å². The number of hydrogen-bond donors (Lipinski definition) is 1. The van der Waals surface area contributed by atoms with Crippen molar-refractivity contribution in [2.75, 3.05) is 20.6 Å². The monoisotopic (exact) mass is 353 g/mol. The maximum absolute atomic E-state index is 13.3. The van der Waals surface area contributed by atoms with E-state index in [-0.39, 0.29) is 5.82 Å². The van der Waals surface area contributed by atoms with Crippen molar-refractivity contribution in [3.05, 3.63) is 71.4 Å². The fourth-order valence-corrected chi connectivity index (χ4v) is 3.00. The third-order valence-corrected chi connectivity index (χ3v) is 4.27. The second-order valence-electron chi connectivity index (χ2n) is 6.36. The fraction of sp³-hybridized carbons (Fsp3) is 0.300. The van der Waals surface area contributed by atoms with E-state index in [9.17, 15) is 4.39 Å². The number of hydrogen-bond acceptors (Lipinski definition) is 2. The van der Waals surface area contributed by atoms with Gasteiger partial charge < -0.3 is 14.6 Å². The van der Waals surface area contributed by atoms with Crippen molar-refractivity contribution < 1.29 is 4.39 Å². The molecular weight excluding hydrogens is 329 g/mol. The van der Waals surface area contributed by atoms with Crippen LogP contribution in [0.25, 0.3) is 5.65 Å². The molecule has 136 valence electrons. The Hall–Kier alpha value is -2.89. The van der Waals surface area contributed by atoms with E-state index in [1.54, 1.807) is 19.2 Å². The van der Waals surface area contributed by atoms with Crippen LogP contribution >= 0.6 is 0 Å². The van der Waals surface area contributed by atoms with Gasteiger partial charge in [0.2, 0.25) is 0 Å². The molecule has 26 heavy (non-hydrogen) atoms. The highest BCUT2D eigenvalue weighted by Crippen LogP contribution is 2.10. The van der Waals surface area contributed by atoms with Crippen LogP contribution < -0.4 is 5.32 Å². The van der Waals surface area contributed by atoms with Gasteiger partial charge in [0.15, 0.2) is 5.96 Å². The SMILES string of the molecule is CN=C(NCCc1cn2cccc(C)c2n1)N(C)Cc1cccc(F)c1.